The number of aryl methyl sites for hydroxylation is 1. The Balaban J connectivity index is 2.77. The van der Waals surface area contributed by atoms with E-state index in [4.69, 9.17) is 0 Å². The summed E-state index contributed by atoms with van der Waals surface area (Å²) in [6.45, 7) is 8.36. The highest BCUT2D eigenvalue weighted by Gasteiger charge is 2.26. The predicted octanol–water partition coefficient (Wildman–Crippen LogP) is 2.48. The molecule has 0 unspecified atom stereocenters. The van der Waals surface area contributed by atoms with Gasteiger partial charge in [-0.1, -0.05) is 6.92 Å². The fourth-order valence-electron chi connectivity index (χ4n) is 1.44. The number of amides is 1. The first kappa shape index (κ1) is 14.1. The van der Waals surface area contributed by atoms with Crippen LogP contribution < -0.4 is 10.6 Å². The number of halogens is 1. The van der Waals surface area contributed by atoms with Gasteiger partial charge in [-0.25, -0.2) is 4.98 Å². The van der Waals surface area contributed by atoms with Crippen molar-refractivity contribution in [3.05, 3.63) is 22.4 Å². The van der Waals surface area contributed by atoms with E-state index in [1.165, 1.54) is 0 Å². The second-order valence-corrected chi connectivity index (χ2v) is 5.19. The van der Waals surface area contributed by atoms with Gasteiger partial charge in [0, 0.05) is 0 Å². The van der Waals surface area contributed by atoms with Crippen molar-refractivity contribution in [2.45, 2.75) is 33.2 Å². The third-order valence-electron chi connectivity index (χ3n) is 2.46. The summed E-state index contributed by atoms with van der Waals surface area (Å²) in [5.41, 5.74) is 1.11. The topological polar surface area (TPSA) is 54.0 Å². The van der Waals surface area contributed by atoms with Crippen LogP contribution in [0.25, 0.3) is 0 Å². The van der Waals surface area contributed by atoms with Crippen molar-refractivity contribution in [1.29, 1.82) is 0 Å². The van der Waals surface area contributed by atoms with Crippen LogP contribution in [0.5, 0.6) is 0 Å². The van der Waals surface area contributed by atoms with Crippen LogP contribution in [0.4, 0.5) is 5.69 Å². The molecule has 1 heterocycles. The number of nitrogens with one attached hydrogen (secondary N) is 2. The molecular weight excluding hydrogens is 282 g/mol. The molecule has 0 aliphatic carbocycles. The summed E-state index contributed by atoms with van der Waals surface area (Å²) in [5, 5.41) is 5.98. The predicted molar refractivity (Wildman–Crippen MR) is 73.1 cm³/mol. The number of carbonyl (C=O) groups is 1. The zero-order chi connectivity index (χ0) is 13.1. The van der Waals surface area contributed by atoms with E-state index in [-0.39, 0.29) is 5.91 Å². The van der Waals surface area contributed by atoms with Gasteiger partial charge in [-0.2, -0.15) is 0 Å². The first-order chi connectivity index (χ1) is 7.86. The standard InChI is InChI=1S/C12H18BrN3O/c1-5-15-12(3,4)11(17)16-9-6-8(2)10(13)14-7-9/h6-7,15H,5H2,1-4H3,(H,16,17). The molecule has 0 saturated heterocycles. The van der Waals surface area contributed by atoms with E-state index in [1.807, 2.05) is 33.8 Å². The van der Waals surface area contributed by atoms with Crippen LogP contribution in [0.3, 0.4) is 0 Å². The van der Waals surface area contributed by atoms with Crippen molar-refractivity contribution in [3.63, 3.8) is 0 Å². The first-order valence-corrected chi connectivity index (χ1v) is 6.34. The highest BCUT2D eigenvalue weighted by atomic mass is 79.9. The molecule has 1 amide bonds. The number of anilines is 1. The van der Waals surface area contributed by atoms with Gasteiger partial charge in [0.2, 0.25) is 5.91 Å². The molecule has 0 spiro atoms. The molecule has 0 atom stereocenters. The number of rotatable bonds is 4. The quantitative estimate of drug-likeness (QED) is 0.840. The van der Waals surface area contributed by atoms with Crippen LogP contribution in [-0.2, 0) is 4.79 Å². The van der Waals surface area contributed by atoms with Gasteiger partial charge in [-0.15, -0.1) is 0 Å². The normalized spacial score (nSPS) is 11.4. The minimum atomic E-state index is -0.588. The minimum Gasteiger partial charge on any atom is -0.323 e. The second-order valence-electron chi connectivity index (χ2n) is 4.44. The van der Waals surface area contributed by atoms with Crippen molar-refractivity contribution >= 4 is 27.5 Å². The summed E-state index contributed by atoms with van der Waals surface area (Å²) in [6, 6.07) is 1.89. The third kappa shape index (κ3) is 3.78. The summed E-state index contributed by atoms with van der Waals surface area (Å²) >= 11 is 3.32. The maximum Gasteiger partial charge on any atom is 0.244 e. The molecule has 0 radical (unpaired) electrons. The van der Waals surface area contributed by atoms with E-state index < -0.39 is 5.54 Å². The number of pyridine rings is 1. The van der Waals surface area contributed by atoms with E-state index in [1.54, 1.807) is 6.20 Å². The van der Waals surface area contributed by atoms with Crippen LogP contribution in [0.2, 0.25) is 0 Å². The maximum absolute atomic E-state index is 12.0. The molecule has 17 heavy (non-hydrogen) atoms. The van der Waals surface area contributed by atoms with Crippen molar-refractivity contribution in [2.75, 3.05) is 11.9 Å². The molecule has 1 rings (SSSR count). The molecule has 94 valence electrons. The highest BCUT2D eigenvalue weighted by molar-refractivity contribution is 9.10. The van der Waals surface area contributed by atoms with Gasteiger partial charge in [0.15, 0.2) is 0 Å². The van der Waals surface area contributed by atoms with Gasteiger partial charge in [0.1, 0.15) is 4.60 Å². The fourth-order valence-corrected chi connectivity index (χ4v) is 1.65. The Morgan fingerprint density at radius 2 is 2.18 bits per heavy atom. The average Bonchev–Trinajstić information content (AvgIpc) is 2.23. The van der Waals surface area contributed by atoms with E-state index >= 15 is 0 Å². The van der Waals surface area contributed by atoms with Crippen LogP contribution in [-0.4, -0.2) is 23.0 Å². The zero-order valence-electron chi connectivity index (χ0n) is 10.6. The minimum absolute atomic E-state index is 0.0668. The summed E-state index contributed by atoms with van der Waals surface area (Å²) in [6.07, 6.45) is 1.64. The Morgan fingerprint density at radius 3 is 2.71 bits per heavy atom. The largest absolute Gasteiger partial charge is 0.323 e. The maximum atomic E-state index is 12.0. The molecular formula is C12H18BrN3O. The second kappa shape index (κ2) is 5.60. The monoisotopic (exact) mass is 299 g/mol. The Bertz CT molecular complexity index is 418. The number of likely N-dealkylation sites (N-methyl/N-ethyl adjacent to an activating group) is 1. The molecule has 0 aliphatic heterocycles. The number of carbonyl (C=O) groups excluding carboxylic acids is 1. The molecule has 4 nitrogen and oxygen atoms in total. The van der Waals surface area contributed by atoms with Crippen molar-refractivity contribution in [1.82, 2.24) is 10.3 Å². The molecule has 0 fully saturated rings. The Kier molecular flexibility index (Phi) is 4.65. The molecule has 0 bridgehead atoms. The van der Waals surface area contributed by atoms with E-state index in [0.29, 0.717) is 5.69 Å². The molecule has 0 aromatic carbocycles. The summed E-state index contributed by atoms with van der Waals surface area (Å²) in [5.74, 6) is -0.0668. The highest BCUT2D eigenvalue weighted by Crippen LogP contribution is 2.17. The lowest BCUT2D eigenvalue weighted by atomic mass is 10.0. The Morgan fingerprint density at radius 1 is 1.53 bits per heavy atom. The Labute approximate surface area is 110 Å². The van der Waals surface area contributed by atoms with Crippen molar-refractivity contribution < 1.29 is 4.79 Å². The summed E-state index contributed by atoms with van der Waals surface area (Å²) < 4.78 is 0.793. The number of hydrogen-bond acceptors (Lipinski definition) is 3. The van der Waals surface area contributed by atoms with Crippen LogP contribution in [0, 0.1) is 6.92 Å². The lowest BCUT2D eigenvalue weighted by Crippen LogP contribution is -2.49. The fraction of sp³-hybridized carbons (Fsp3) is 0.500. The van der Waals surface area contributed by atoms with Gasteiger partial charge in [0.25, 0.3) is 0 Å². The van der Waals surface area contributed by atoms with Gasteiger partial charge >= 0.3 is 0 Å². The zero-order valence-corrected chi connectivity index (χ0v) is 12.2. The van der Waals surface area contributed by atoms with Gasteiger partial charge in [-0.05, 0) is 54.9 Å². The van der Waals surface area contributed by atoms with Crippen molar-refractivity contribution in [2.24, 2.45) is 0 Å². The molecule has 2 N–H and O–H groups in total. The molecule has 1 aromatic heterocycles. The summed E-state index contributed by atoms with van der Waals surface area (Å²) in [4.78, 5) is 16.1. The number of aromatic nitrogens is 1. The third-order valence-corrected chi connectivity index (χ3v) is 3.29. The van der Waals surface area contributed by atoms with Crippen molar-refractivity contribution in [3.8, 4) is 0 Å². The van der Waals surface area contributed by atoms with Gasteiger partial charge < -0.3 is 10.6 Å². The average molecular weight is 300 g/mol. The van der Waals surface area contributed by atoms with Crippen LogP contribution in [0.15, 0.2) is 16.9 Å². The number of nitrogens with zero attached hydrogens (tertiary/aromatic N) is 1. The summed E-state index contributed by atoms with van der Waals surface area (Å²) in [7, 11) is 0. The van der Waals surface area contributed by atoms with Gasteiger partial charge in [-0.3, -0.25) is 4.79 Å². The number of hydrogen-bond donors (Lipinski definition) is 2. The van der Waals surface area contributed by atoms with E-state index in [9.17, 15) is 4.79 Å². The first-order valence-electron chi connectivity index (χ1n) is 5.55. The smallest absolute Gasteiger partial charge is 0.244 e. The SMILES string of the molecule is CCNC(C)(C)C(=O)Nc1cnc(Br)c(C)c1. The van der Waals surface area contributed by atoms with Crippen LogP contribution in [0.1, 0.15) is 26.3 Å². The lowest BCUT2D eigenvalue weighted by molar-refractivity contribution is -0.121. The van der Waals surface area contributed by atoms with Crippen LogP contribution >= 0.6 is 15.9 Å². The molecule has 1 aromatic rings. The molecule has 0 saturated carbocycles. The molecule has 0 aliphatic rings. The Hall–Kier alpha value is -0.940. The van der Waals surface area contributed by atoms with E-state index in [2.05, 4.69) is 31.5 Å². The molecule has 5 heteroatoms. The van der Waals surface area contributed by atoms with Gasteiger partial charge in [0.05, 0.1) is 17.4 Å². The lowest BCUT2D eigenvalue weighted by Gasteiger charge is -2.24. The van der Waals surface area contributed by atoms with E-state index in [0.717, 1.165) is 16.7 Å².